The van der Waals surface area contributed by atoms with Crippen LogP contribution in [0.25, 0.3) is 0 Å². The molecule has 0 saturated carbocycles. The van der Waals surface area contributed by atoms with E-state index in [4.69, 9.17) is 34.2 Å². The minimum absolute atomic E-state index is 0.0232. The maximum absolute atomic E-state index is 13.1. The number of benzene rings is 3. The molecular formula is C32H37N3O13. The normalized spacial score (nSPS) is 20.8. The van der Waals surface area contributed by atoms with Crippen molar-refractivity contribution in [2.45, 2.75) is 37.1 Å². The summed E-state index contributed by atoms with van der Waals surface area (Å²) in [5.74, 6) is -2.68. The van der Waals surface area contributed by atoms with Crippen LogP contribution in [-0.4, -0.2) is 108 Å². The van der Waals surface area contributed by atoms with Gasteiger partial charge in [0.25, 0.3) is 0 Å². The summed E-state index contributed by atoms with van der Waals surface area (Å²) in [5, 5.41) is 54.3. The van der Waals surface area contributed by atoms with Crippen LogP contribution >= 0.6 is 0 Å². The molecule has 3 aromatic carbocycles. The molecule has 1 fully saturated rings. The first-order valence-electron chi connectivity index (χ1n) is 14.6. The third kappa shape index (κ3) is 8.95. The lowest BCUT2D eigenvalue weighted by Gasteiger charge is -2.40. The number of aromatic carboxylic acids is 1. The lowest BCUT2D eigenvalue weighted by molar-refractivity contribution is -0.277. The lowest BCUT2D eigenvalue weighted by atomic mass is 9.99. The second kappa shape index (κ2) is 16.5. The molecule has 0 aromatic heterocycles. The molecule has 1 saturated heterocycles. The number of rotatable bonds is 14. The Kier molecular flexibility index (Phi) is 12.2. The summed E-state index contributed by atoms with van der Waals surface area (Å²) in [5.41, 5.74) is 6.40. The quantitative estimate of drug-likeness (QED) is 0.0538. The third-order valence-corrected chi connectivity index (χ3v) is 7.19. The number of hydrogen-bond donors (Lipinski definition) is 7. The van der Waals surface area contributed by atoms with Crippen molar-refractivity contribution in [1.29, 1.82) is 0 Å². The summed E-state index contributed by atoms with van der Waals surface area (Å²) < 4.78 is 33.2. The molecule has 0 bridgehead atoms. The third-order valence-electron chi connectivity index (χ3n) is 7.19. The molecule has 1 heterocycles. The van der Waals surface area contributed by atoms with Gasteiger partial charge in [0.1, 0.15) is 31.0 Å². The van der Waals surface area contributed by atoms with Gasteiger partial charge in [-0.3, -0.25) is 4.99 Å². The van der Waals surface area contributed by atoms with Crippen LogP contribution in [0.4, 0.5) is 0 Å². The molecule has 1 aliphatic heterocycles. The highest BCUT2D eigenvalue weighted by Crippen LogP contribution is 2.38. The summed E-state index contributed by atoms with van der Waals surface area (Å²) in [6, 6.07) is 15.6. The number of carboxylic acids is 1. The predicted octanol–water partition coefficient (Wildman–Crippen LogP) is 0.634. The van der Waals surface area contributed by atoms with Gasteiger partial charge >= 0.3 is 11.9 Å². The topological polar surface area (TPSA) is 241 Å². The van der Waals surface area contributed by atoms with Crippen molar-refractivity contribution in [2.24, 2.45) is 10.7 Å². The summed E-state index contributed by atoms with van der Waals surface area (Å²) >= 11 is 0. The molecule has 16 nitrogen and oxygen atoms in total. The van der Waals surface area contributed by atoms with E-state index in [2.05, 4.69) is 10.3 Å². The number of carbonyl (C=O) groups excluding carboxylic acids is 1. The molecule has 48 heavy (non-hydrogen) atoms. The van der Waals surface area contributed by atoms with E-state index in [-0.39, 0.29) is 59.2 Å². The Morgan fingerprint density at radius 3 is 2.31 bits per heavy atom. The van der Waals surface area contributed by atoms with Gasteiger partial charge in [-0.05, 0) is 35.9 Å². The minimum Gasteiger partial charge on any atom is -0.502 e. The van der Waals surface area contributed by atoms with E-state index >= 15 is 0 Å². The van der Waals surface area contributed by atoms with Gasteiger partial charge in [-0.25, -0.2) is 9.59 Å². The number of carboxylic acid groups (broad SMARTS) is 1. The summed E-state index contributed by atoms with van der Waals surface area (Å²) in [6.07, 6.45) is -7.76. The van der Waals surface area contributed by atoms with Crippen LogP contribution in [0.2, 0.25) is 0 Å². The number of aliphatic hydroxyl groups is 3. The number of aliphatic hydroxyl groups excluding tert-OH is 3. The van der Waals surface area contributed by atoms with Crippen LogP contribution in [0.3, 0.4) is 0 Å². The number of hydrogen-bond acceptors (Lipinski definition) is 13. The van der Waals surface area contributed by atoms with Crippen molar-refractivity contribution >= 4 is 17.9 Å². The maximum Gasteiger partial charge on any atom is 0.338 e. The highest BCUT2D eigenvalue weighted by molar-refractivity contribution is 5.91. The molecule has 0 spiro atoms. The molecule has 8 N–H and O–H groups in total. The van der Waals surface area contributed by atoms with Crippen molar-refractivity contribution in [3.63, 3.8) is 0 Å². The average Bonchev–Trinajstić information content (AvgIpc) is 3.09. The van der Waals surface area contributed by atoms with Gasteiger partial charge in [0.15, 0.2) is 35.7 Å². The fraction of sp³-hybridized carbons (Fsp3) is 0.344. The predicted molar refractivity (Wildman–Crippen MR) is 167 cm³/mol. The molecule has 16 heteroatoms. The van der Waals surface area contributed by atoms with Crippen molar-refractivity contribution in [3.8, 4) is 28.7 Å². The number of aromatic hydroxyl groups is 1. The molecule has 1 aliphatic rings. The number of ether oxygens (including phenoxy) is 6. The van der Waals surface area contributed by atoms with Gasteiger partial charge in [0.05, 0.1) is 24.8 Å². The van der Waals surface area contributed by atoms with Crippen LogP contribution in [0.1, 0.15) is 26.3 Å². The zero-order chi connectivity index (χ0) is 34.8. The van der Waals surface area contributed by atoms with Crippen molar-refractivity contribution in [1.82, 2.24) is 5.32 Å². The monoisotopic (exact) mass is 671 g/mol. The average molecular weight is 672 g/mol. The van der Waals surface area contributed by atoms with Crippen molar-refractivity contribution in [3.05, 3.63) is 77.4 Å². The molecule has 3 aromatic rings. The number of phenols is 1. The minimum atomic E-state index is -1.80. The Labute approximate surface area is 274 Å². The van der Waals surface area contributed by atoms with E-state index in [0.29, 0.717) is 6.42 Å². The standard InChI is InChI=1S/C32H37N3O13/c1-34-32(33)35-16-46-21-12-18(29(40)41)8-9-20(21)47-31-28(39)27(38)26(37)24(48-31)15-45-30(42)19-13-22(43-2)25(36)23(14-19)44-11-10-17-6-4-3-5-7-17/h3-9,12-14,24,26-28,31,36-39H,10-11,15-16H2,1-2H3,(H,40,41)(H3,33,34,35)/t24-,26-,27+,28-,31+/m1/s1. The van der Waals surface area contributed by atoms with E-state index in [1.54, 1.807) is 0 Å². The van der Waals surface area contributed by atoms with Gasteiger partial charge < -0.3 is 65.0 Å². The zero-order valence-corrected chi connectivity index (χ0v) is 26.0. The Bertz CT molecular complexity index is 1590. The van der Waals surface area contributed by atoms with Crippen LogP contribution in [0.5, 0.6) is 28.7 Å². The van der Waals surface area contributed by atoms with E-state index in [1.807, 2.05) is 30.3 Å². The number of guanidine groups is 1. The fourth-order valence-corrected chi connectivity index (χ4v) is 4.53. The molecule has 5 atom stereocenters. The Balaban J connectivity index is 1.44. The van der Waals surface area contributed by atoms with Crippen molar-refractivity contribution < 1.29 is 63.5 Å². The molecule has 0 unspecified atom stereocenters. The molecule has 258 valence electrons. The van der Waals surface area contributed by atoms with Crippen LogP contribution in [0, 0.1) is 0 Å². The maximum atomic E-state index is 13.1. The van der Waals surface area contributed by atoms with E-state index in [1.165, 1.54) is 38.4 Å². The lowest BCUT2D eigenvalue weighted by Crippen LogP contribution is -2.60. The van der Waals surface area contributed by atoms with Crippen molar-refractivity contribution in [2.75, 3.05) is 34.1 Å². The van der Waals surface area contributed by atoms with Gasteiger partial charge in [0.2, 0.25) is 12.0 Å². The van der Waals surface area contributed by atoms with E-state index < -0.39 is 49.3 Å². The molecular weight excluding hydrogens is 634 g/mol. The number of carbonyl (C=O) groups is 2. The number of aliphatic imine (C=N–C) groups is 1. The fourth-order valence-electron chi connectivity index (χ4n) is 4.53. The van der Waals surface area contributed by atoms with Gasteiger partial charge in [-0.2, -0.15) is 0 Å². The van der Waals surface area contributed by atoms with Gasteiger partial charge in [-0.1, -0.05) is 30.3 Å². The van der Waals surface area contributed by atoms with Crippen LogP contribution in [-0.2, 0) is 15.9 Å². The first-order valence-corrected chi connectivity index (χ1v) is 14.6. The van der Waals surface area contributed by atoms with Gasteiger partial charge in [0, 0.05) is 13.5 Å². The SMILES string of the molecule is CN=C(N)NCOc1cc(C(=O)O)ccc1O[C@H]1O[C@H](COC(=O)c2cc(OC)c(O)c(OCCc3ccccc3)c2)[C@@H](O)[C@H](O)[C@H]1O. The van der Waals surface area contributed by atoms with Gasteiger partial charge in [-0.15, -0.1) is 0 Å². The Morgan fingerprint density at radius 2 is 1.62 bits per heavy atom. The summed E-state index contributed by atoms with van der Waals surface area (Å²) in [4.78, 5) is 28.3. The summed E-state index contributed by atoms with van der Waals surface area (Å²) in [6.45, 7) is -0.650. The van der Waals surface area contributed by atoms with Crippen LogP contribution < -0.4 is 30.0 Å². The van der Waals surface area contributed by atoms with E-state index in [0.717, 1.165) is 11.6 Å². The Morgan fingerprint density at radius 1 is 0.917 bits per heavy atom. The number of nitrogens with zero attached hydrogens (tertiary/aromatic N) is 1. The Hall–Kier alpha value is -5.29. The van der Waals surface area contributed by atoms with E-state index in [9.17, 15) is 35.1 Å². The highest BCUT2D eigenvalue weighted by atomic mass is 16.7. The number of nitrogens with two attached hydrogens (primary N) is 1. The summed E-state index contributed by atoms with van der Waals surface area (Å²) in [7, 11) is 2.74. The number of phenolic OH excluding ortho intramolecular Hbond substituents is 1. The second-order valence-electron chi connectivity index (χ2n) is 10.4. The molecule has 0 aliphatic carbocycles. The molecule has 0 radical (unpaired) electrons. The molecule has 0 amide bonds. The number of methoxy groups -OCH3 is 1. The smallest absolute Gasteiger partial charge is 0.338 e. The number of nitrogens with one attached hydrogen (secondary N) is 1. The second-order valence-corrected chi connectivity index (χ2v) is 10.4. The largest absolute Gasteiger partial charge is 0.502 e. The number of esters is 1. The molecule has 4 rings (SSSR count). The first kappa shape index (κ1) is 35.6. The highest BCUT2D eigenvalue weighted by Gasteiger charge is 2.46. The van der Waals surface area contributed by atoms with Crippen LogP contribution in [0.15, 0.2) is 65.7 Å². The zero-order valence-electron chi connectivity index (χ0n) is 26.0. The first-order chi connectivity index (χ1) is 23.0.